The van der Waals surface area contributed by atoms with Crippen molar-refractivity contribution in [1.82, 2.24) is 4.98 Å². The molecule has 2 rings (SSSR count). The highest BCUT2D eigenvalue weighted by molar-refractivity contribution is 5.90. The number of ether oxygens (including phenoxy) is 1. The van der Waals surface area contributed by atoms with E-state index in [9.17, 15) is 4.79 Å². The number of methoxy groups -OCH3 is 1. The van der Waals surface area contributed by atoms with E-state index < -0.39 is 0 Å². The first kappa shape index (κ1) is 10.6. The smallest absolute Gasteiger partial charge is 0.309 e. The lowest BCUT2D eigenvalue weighted by Gasteiger charge is -2.07. The van der Waals surface area contributed by atoms with Crippen LogP contribution in [0, 0.1) is 6.92 Å². The lowest BCUT2D eigenvalue weighted by Crippen LogP contribution is -2.05. The number of nitrogens with zero attached hydrogens (tertiary/aromatic N) is 1. The molecule has 0 saturated heterocycles. The van der Waals surface area contributed by atoms with Crippen LogP contribution in [0.25, 0.3) is 10.8 Å². The maximum atomic E-state index is 11.3. The number of pyridine rings is 1. The minimum absolute atomic E-state index is 0.219. The van der Waals surface area contributed by atoms with Crippen LogP contribution in [0.4, 0.5) is 0 Å². The van der Waals surface area contributed by atoms with E-state index in [0.717, 1.165) is 21.9 Å². The highest BCUT2D eigenvalue weighted by Gasteiger charge is 2.08. The zero-order chi connectivity index (χ0) is 11.5. The third-order valence-electron chi connectivity index (χ3n) is 2.62. The van der Waals surface area contributed by atoms with Gasteiger partial charge in [-0.05, 0) is 23.4 Å². The number of esters is 1. The standard InChI is InChI=1S/C13H13NO2/c1-9-7-14-8-11-5-3-4-10(13(9)11)6-12(15)16-2/h3-5,7-8H,6H2,1-2H3. The molecule has 0 unspecified atom stereocenters. The molecule has 0 aliphatic carbocycles. The number of hydrogen-bond donors (Lipinski definition) is 0. The number of carbonyl (C=O) groups excluding carboxylic acids is 1. The number of hydrogen-bond acceptors (Lipinski definition) is 3. The molecule has 0 saturated carbocycles. The van der Waals surface area contributed by atoms with Gasteiger partial charge in [0.05, 0.1) is 13.5 Å². The van der Waals surface area contributed by atoms with Gasteiger partial charge in [0, 0.05) is 17.8 Å². The summed E-state index contributed by atoms with van der Waals surface area (Å²) >= 11 is 0. The molecule has 1 aromatic heterocycles. The number of benzene rings is 1. The van der Waals surface area contributed by atoms with Crippen LogP contribution < -0.4 is 0 Å². The van der Waals surface area contributed by atoms with Gasteiger partial charge in [-0.1, -0.05) is 18.2 Å². The van der Waals surface area contributed by atoms with E-state index in [2.05, 4.69) is 9.72 Å². The molecule has 0 N–H and O–H groups in total. The number of rotatable bonds is 2. The molecule has 0 spiro atoms. The van der Waals surface area contributed by atoms with Crippen LogP contribution in [0.2, 0.25) is 0 Å². The Morgan fingerprint density at radius 2 is 2.19 bits per heavy atom. The predicted octanol–water partition coefficient (Wildman–Crippen LogP) is 2.26. The maximum Gasteiger partial charge on any atom is 0.309 e. The molecule has 0 radical (unpaired) electrons. The molecule has 3 heteroatoms. The van der Waals surface area contributed by atoms with E-state index in [4.69, 9.17) is 0 Å². The van der Waals surface area contributed by atoms with Crippen molar-refractivity contribution in [3.63, 3.8) is 0 Å². The summed E-state index contributed by atoms with van der Waals surface area (Å²) in [5.74, 6) is -0.219. The van der Waals surface area contributed by atoms with Crippen LogP contribution in [0.1, 0.15) is 11.1 Å². The van der Waals surface area contributed by atoms with Crippen LogP contribution in [0.15, 0.2) is 30.6 Å². The topological polar surface area (TPSA) is 39.2 Å². The van der Waals surface area contributed by atoms with Gasteiger partial charge >= 0.3 is 5.97 Å². The van der Waals surface area contributed by atoms with Crippen molar-refractivity contribution < 1.29 is 9.53 Å². The Hall–Kier alpha value is -1.90. The second-order valence-corrected chi connectivity index (χ2v) is 3.72. The van der Waals surface area contributed by atoms with Crippen LogP contribution >= 0.6 is 0 Å². The number of aryl methyl sites for hydroxylation is 1. The van der Waals surface area contributed by atoms with Gasteiger partial charge in [-0.15, -0.1) is 0 Å². The zero-order valence-corrected chi connectivity index (χ0v) is 9.36. The Labute approximate surface area is 94.1 Å². The first-order valence-corrected chi connectivity index (χ1v) is 5.11. The third kappa shape index (κ3) is 1.89. The monoisotopic (exact) mass is 215 g/mol. The Bertz CT molecular complexity index is 529. The molecular formula is C13H13NO2. The number of fused-ring (bicyclic) bond motifs is 1. The normalized spacial score (nSPS) is 10.4. The average molecular weight is 215 g/mol. The second kappa shape index (κ2) is 4.31. The van der Waals surface area contributed by atoms with Gasteiger partial charge in [-0.3, -0.25) is 9.78 Å². The first-order valence-electron chi connectivity index (χ1n) is 5.11. The molecule has 0 bridgehead atoms. The molecule has 2 aromatic rings. The minimum atomic E-state index is -0.219. The fraction of sp³-hybridized carbons (Fsp3) is 0.231. The van der Waals surface area contributed by atoms with Crippen molar-refractivity contribution in [2.24, 2.45) is 0 Å². The van der Waals surface area contributed by atoms with Gasteiger partial charge in [0.25, 0.3) is 0 Å². The van der Waals surface area contributed by atoms with E-state index in [1.165, 1.54) is 7.11 Å². The van der Waals surface area contributed by atoms with Crippen LogP contribution in [0.3, 0.4) is 0 Å². The highest BCUT2D eigenvalue weighted by atomic mass is 16.5. The zero-order valence-electron chi connectivity index (χ0n) is 9.36. The SMILES string of the molecule is COC(=O)Cc1cccc2cncc(C)c12. The molecule has 1 aromatic carbocycles. The highest BCUT2D eigenvalue weighted by Crippen LogP contribution is 2.21. The molecule has 1 heterocycles. The first-order chi connectivity index (χ1) is 7.72. The maximum absolute atomic E-state index is 11.3. The van der Waals surface area contributed by atoms with Gasteiger partial charge in [-0.2, -0.15) is 0 Å². The lowest BCUT2D eigenvalue weighted by molar-refractivity contribution is -0.139. The summed E-state index contributed by atoms with van der Waals surface area (Å²) in [6.07, 6.45) is 3.92. The molecule has 0 aliphatic rings. The van der Waals surface area contributed by atoms with Crippen LogP contribution in [0.5, 0.6) is 0 Å². The van der Waals surface area contributed by atoms with E-state index in [1.54, 1.807) is 0 Å². The molecule has 16 heavy (non-hydrogen) atoms. The Morgan fingerprint density at radius 3 is 2.94 bits per heavy atom. The molecule has 0 fully saturated rings. The van der Waals surface area contributed by atoms with Crippen molar-refractivity contribution in [3.05, 3.63) is 41.7 Å². The van der Waals surface area contributed by atoms with Gasteiger partial charge < -0.3 is 4.74 Å². The van der Waals surface area contributed by atoms with Crippen molar-refractivity contribution >= 4 is 16.7 Å². The molecule has 0 amide bonds. The molecule has 82 valence electrons. The van der Waals surface area contributed by atoms with Crippen LogP contribution in [-0.2, 0) is 16.0 Å². The predicted molar refractivity (Wildman–Crippen MR) is 62.2 cm³/mol. The van der Waals surface area contributed by atoms with Crippen LogP contribution in [-0.4, -0.2) is 18.1 Å². The van der Waals surface area contributed by atoms with Gasteiger partial charge in [-0.25, -0.2) is 0 Å². The molecule has 3 nitrogen and oxygen atoms in total. The summed E-state index contributed by atoms with van der Waals surface area (Å²) in [7, 11) is 1.40. The summed E-state index contributed by atoms with van der Waals surface area (Å²) in [6, 6.07) is 5.88. The number of aromatic nitrogens is 1. The third-order valence-corrected chi connectivity index (χ3v) is 2.62. The fourth-order valence-electron chi connectivity index (χ4n) is 1.88. The molecule has 0 aliphatic heterocycles. The number of carbonyl (C=O) groups is 1. The van der Waals surface area contributed by atoms with Crippen molar-refractivity contribution in [3.8, 4) is 0 Å². The summed E-state index contributed by atoms with van der Waals surface area (Å²) in [4.78, 5) is 15.4. The summed E-state index contributed by atoms with van der Waals surface area (Å²) in [5, 5.41) is 2.16. The largest absolute Gasteiger partial charge is 0.469 e. The van der Waals surface area contributed by atoms with Crippen molar-refractivity contribution in [1.29, 1.82) is 0 Å². The van der Waals surface area contributed by atoms with Gasteiger partial charge in [0.1, 0.15) is 0 Å². The Morgan fingerprint density at radius 1 is 1.38 bits per heavy atom. The lowest BCUT2D eigenvalue weighted by atomic mass is 10.0. The average Bonchev–Trinajstić information content (AvgIpc) is 2.29. The second-order valence-electron chi connectivity index (χ2n) is 3.72. The van der Waals surface area contributed by atoms with Gasteiger partial charge in [0.15, 0.2) is 0 Å². The van der Waals surface area contributed by atoms with E-state index in [1.807, 2.05) is 37.5 Å². The Kier molecular flexibility index (Phi) is 2.86. The van der Waals surface area contributed by atoms with Gasteiger partial charge in [0.2, 0.25) is 0 Å². The van der Waals surface area contributed by atoms with Crippen molar-refractivity contribution in [2.45, 2.75) is 13.3 Å². The van der Waals surface area contributed by atoms with E-state index in [0.29, 0.717) is 6.42 Å². The summed E-state index contributed by atoms with van der Waals surface area (Å²) < 4.78 is 4.69. The van der Waals surface area contributed by atoms with E-state index in [-0.39, 0.29) is 5.97 Å². The molecule has 0 atom stereocenters. The Balaban J connectivity index is 2.56. The van der Waals surface area contributed by atoms with Crippen molar-refractivity contribution in [2.75, 3.05) is 7.11 Å². The minimum Gasteiger partial charge on any atom is -0.469 e. The summed E-state index contributed by atoms with van der Waals surface area (Å²) in [5.41, 5.74) is 2.07. The van der Waals surface area contributed by atoms with E-state index >= 15 is 0 Å². The quantitative estimate of drug-likeness (QED) is 0.721. The fourth-order valence-corrected chi connectivity index (χ4v) is 1.88. The summed E-state index contributed by atoms with van der Waals surface area (Å²) in [6.45, 7) is 2.00. The molecular weight excluding hydrogens is 202 g/mol.